The molecule has 1 aliphatic carbocycles. The van der Waals surface area contributed by atoms with Gasteiger partial charge < -0.3 is 11.1 Å². The molecule has 2 aliphatic rings. The number of hydrogen-bond donors (Lipinski definition) is 2. The fraction of sp³-hybridized carbons (Fsp3) is 0.556. The Balaban J connectivity index is 2.05. The second-order valence-corrected chi connectivity index (χ2v) is 10.5. The van der Waals surface area contributed by atoms with Gasteiger partial charge in [-0.1, -0.05) is 6.42 Å². The highest BCUT2D eigenvalue weighted by atomic mass is 32.2. The van der Waals surface area contributed by atoms with E-state index in [1.807, 2.05) is 0 Å². The van der Waals surface area contributed by atoms with Crippen molar-refractivity contribution in [3.05, 3.63) is 29.3 Å². The number of carbonyl (C=O) groups excluding carboxylic acids is 1. The summed E-state index contributed by atoms with van der Waals surface area (Å²) in [7, 11) is -3.77. The molecule has 1 heterocycles. The van der Waals surface area contributed by atoms with Crippen molar-refractivity contribution < 1.29 is 22.0 Å². The summed E-state index contributed by atoms with van der Waals surface area (Å²) in [4.78, 5) is 16.3. The van der Waals surface area contributed by atoms with Gasteiger partial charge in [-0.3, -0.25) is 9.79 Å². The Morgan fingerprint density at radius 2 is 1.89 bits per heavy atom. The smallest absolute Gasteiger partial charge is 0.227 e. The van der Waals surface area contributed by atoms with Gasteiger partial charge in [0.1, 0.15) is 16.1 Å². The maximum atomic E-state index is 14.6. The number of nitrogens with two attached hydrogens (primary N) is 1. The van der Waals surface area contributed by atoms with Crippen LogP contribution in [0.4, 0.5) is 14.5 Å². The van der Waals surface area contributed by atoms with Crippen molar-refractivity contribution in [2.45, 2.75) is 50.3 Å². The highest BCUT2D eigenvalue weighted by Crippen LogP contribution is 2.39. The number of amidine groups is 1. The number of hydrogen-bond acceptors (Lipinski definition) is 5. The molecule has 0 saturated heterocycles. The Morgan fingerprint density at radius 1 is 1.26 bits per heavy atom. The highest BCUT2D eigenvalue weighted by molar-refractivity contribution is 7.93. The average Bonchev–Trinajstić information content (AvgIpc) is 2.46. The molecular formula is C18H23F2N3O3S. The summed E-state index contributed by atoms with van der Waals surface area (Å²) < 4.78 is 52.7. The van der Waals surface area contributed by atoms with Crippen LogP contribution in [-0.4, -0.2) is 30.7 Å². The molecule has 9 heteroatoms. The van der Waals surface area contributed by atoms with Crippen molar-refractivity contribution in [2.75, 3.05) is 11.1 Å². The monoisotopic (exact) mass is 399 g/mol. The van der Waals surface area contributed by atoms with Crippen LogP contribution in [0.2, 0.25) is 0 Å². The molecule has 1 aliphatic heterocycles. The SMILES string of the molecule is CC1(C)C(N)=N[C@](C)(c2cc(NC(=O)C3CCC3)cc(F)c2F)CS1(=O)=O. The van der Waals surface area contributed by atoms with Crippen molar-refractivity contribution in [3.8, 4) is 0 Å². The first kappa shape index (κ1) is 19.7. The Morgan fingerprint density at radius 3 is 2.41 bits per heavy atom. The minimum atomic E-state index is -3.77. The molecule has 1 amide bonds. The molecule has 3 N–H and O–H groups in total. The van der Waals surface area contributed by atoms with E-state index >= 15 is 0 Å². The van der Waals surface area contributed by atoms with E-state index in [4.69, 9.17) is 5.73 Å². The second kappa shape index (κ2) is 6.25. The third-order valence-electron chi connectivity index (χ3n) is 5.58. The number of sulfone groups is 1. The van der Waals surface area contributed by atoms with Crippen LogP contribution in [0, 0.1) is 17.6 Å². The van der Waals surface area contributed by atoms with Crippen LogP contribution in [0.5, 0.6) is 0 Å². The van der Waals surface area contributed by atoms with Crippen LogP contribution in [0.3, 0.4) is 0 Å². The first-order valence-electron chi connectivity index (χ1n) is 8.76. The quantitative estimate of drug-likeness (QED) is 0.815. The lowest BCUT2D eigenvalue weighted by Crippen LogP contribution is -2.55. The van der Waals surface area contributed by atoms with Crippen LogP contribution < -0.4 is 11.1 Å². The van der Waals surface area contributed by atoms with Gasteiger partial charge in [-0.2, -0.15) is 0 Å². The van der Waals surface area contributed by atoms with Gasteiger partial charge in [0.05, 0.1) is 5.75 Å². The minimum Gasteiger partial charge on any atom is -0.386 e. The van der Waals surface area contributed by atoms with E-state index < -0.39 is 37.5 Å². The van der Waals surface area contributed by atoms with Gasteiger partial charge in [-0.15, -0.1) is 0 Å². The summed E-state index contributed by atoms with van der Waals surface area (Å²) in [6.45, 7) is 4.24. The topological polar surface area (TPSA) is 102 Å². The van der Waals surface area contributed by atoms with Crippen LogP contribution in [0.1, 0.15) is 45.6 Å². The van der Waals surface area contributed by atoms with E-state index in [0.29, 0.717) is 0 Å². The minimum absolute atomic E-state index is 0.0676. The number of anilines is 1. The van der Waals surface area contributed by atoms with Gasteiger partial charge in [-0.05, 0) is 39.7 Å². The van der Waals surface area contributed by atoms with Crippen LogP contribution in [0.15, 0.2) is 17.1 Å². The Labute approximate surface area is 157 Å². The molecule has 0 spiro atoms. The maximum Gasteiger partial charge on any atom is 0.227 e. The van der Waals surface area contributed by atoms with Crippen molar-refractivity contribution in [1.82, 2.24) is 0 Å². The van der Waals surface area contributed by atoms with Crippen LogP contribution in [0.25, 0.3) is 0 Å². The number of rotatable bonds is 3. The normalized spacial score (nSPS) is 26.8. The summed E-state index contributed by atoms with van der Waals surface area (Å²) >= 11 is 0. The molecule has 1 fully saturated rings. The lowest BCUT2D eigenvalue weighted by molar-refractivity contribution is -0.122. The summed E-state index contributed by atoms with van der Waals surface area (Å²) in [5.41, 5.74) is 4.07. The molecule has 0 radical (unpaired) electrons. The molecule has 1 saturated carbocycles. The lowest BCUT2D eigenvalue weighted by Gasteiger charge is -2.38. The zero-order valence-electron chi connectivity index (χ0n) is 15.5. The fourth-order valence-electron chi connectivity index (χ4n) is 3.25. The first-order chi connectivity index (χ1) is 12.4. The van der Waals surface area contributed by atoms with Crippen molar-refractivity contribution in [2.24, 2.45) is 16.6 Å². The van der Waals surface area contributed by atoms with Gasteiger partial charge >= 0.3 is 0 Å². The number of carbonyl (C=O) groups is 1. The number of halogens is 2. The number of nitrogens with zero attached hydrogens (tertiary/aromatic N) is 1. The van der Waals surface area contributed by atoms with E-state index in [1.54, 1.807) is 0 Å². The van der Waals surface area contributed by atoms with E-state index in [2.05, 4.69) is 10.3 Å². The molecule has 6 nitrogen and oxygen atoms in total. The Bertz CT molecular complexity index is 939. The average molecular weight is 399 g/mol. The third-order valence-corrected chi connectivity index (χ3v) is 8.29. The van der Waals surface area contributed by atoms with Crippen LogP contribution in [-0.2, 0) is 20.2 Å². The zero-order chi connectivity index (χ0) is 20.2. The zero-order valence-corrected chi connectivity index (χ0v) is 16.3. The molecule has 148 valence electrons. The predicted octanol–water partition coefficient (Wildman–Crippen LogP) is 2.48. The molecule has 1 aromatic rings. The van der Waals surface area contributed by atoms with Gasteiger partial charge in [0.2, 0.25) is 5.91 Å². The number of benzene rings is 1. The standard InChI is InChI=1S/C18H23F2N3O3S/c1-17(2)16(21)23-18(3,9-27(17,25)26)12-7-11(8-13(19)14(12)20)22-15(24)10-5-4-6-10/h7-8,10H,4-6,9H2,1-3H3,(H2,21,23)(H,22,24)/t18-/m0/s1. The first-order valence-corrected chi connectivity index (χ1v) is 10.4. The van der Waals surface area contributed by atoms with Gasteiger partial charge in [0, 0.05) is 23.2 Å². The third kappa shape index (κ3) is 3.22. The molecule has 3 rings (SSSR count). The summed E-state index contributed by atoms with van der Waals surface area (Å²) in [5.74, 6) is -3.48. The summed E-state index contributed by atoms with van der Waals surface area (Å²) in [6.07, 6.45) is 2.48. The molecule has 1 aromatic carbocycles. The van der Waals surface area contributed by atoms with Gasteiger partial charge in [0.15, 0.2) is 21.5 Å². The van der Waals surface area contributed by atoms with Gasteiger partial charge in [0.25, 0.3) is 0 Å². The van der Waals surface area contributed by atoms with Crippen molar-refractivity contribution in [1.29, 1.82) is 0 Å². The predicted molar refractivity (Wildman–Crippen MR) is 99.2 cm³/mol. The van der Waals surface area contributed by atoms with E-state index in [-0.39, 0.29) is 28.9 Å². The van der Waals surface area contributed by atoms with E-state index in [9.17, 15) is 22.0 Å². The highest BCUT2D eigenvalue weighted by Gasteiger charge is 2.49. The molecule has 0 unspecified atom stereocenters. The number of nitrogens with one attached hydrogen (secondary N) is 1. The van der Waals surface area contributed by atoms with Crippen LogP contribution >= 0.6 is 0 Å². The molecule has 1 atom stereocenters. The van der Waals surface area contributed by atoms with E-state index in [0.717, 1.165) is 25.3 Å². The van der Waals surface area contributed by atoms with Crippen molar-refractivity contribution in [3.63, 3.8) is 0 Å². The molecular weight excluding hydrogens is 376 g/mol. The van der Waals surface area contributed by atoms with Crippen molar-refractivity contribution >= 4 is 27.3 Å². The maximum absolute atomic E-state index is 14.6. The second-order valence-electron chi connectivity index (χ2n) is 7.98. The van der Waals surface area contributed by atoms with E-state index in [1.165, 1.54) is 26.8 Å². The molecule has 0 bridgehead atoms. The molecule has 0 aromatic heterocycles. The summed E-state index contributed by atoms with van der Waals surface area (Å²) in [5, 5.41) is 2.58. The largest absolute Gasteiger partial charge is 0.386 e. The summed E-state index contributed by atoms with van der Waals surface area (Å²) in [6, 6.07) is 2.12. The fourth-order valence-corrected chi connectivity index (χ4v) is 4.93. The molecule has 27 heavy (non-hydrogen) atoms. The lowest BCUT2D eigenvalue weighted by atomic mass is 9.84. The number of amides is 1. The Kier molecular flexibility index (Phi) is 4.57. The van der Waals surface area contributed by atoms with Gasteiger partial charge in [-0.25, -0.2) is 17.2 Å². The Hall–Kier alpha value is -2.03. The number of aliphatic imine (C=N–C) groups is 1.